The Kier molecular flexibility index (Phi) is 4.84. The summed E-state index contributed by atoms with van der Waals surface area (Å²) in [5.41, 5.74) is -0.215. The SMILES string of the molecule is CCc1cc(=O)oc2nc(OCCCSC)[nH]c(=O)c12. The van der Waals surface area contributed by atoms with E-state index in [1.165, 1.54) is 6.07 Å². The van der Waals surface area contributed by atoms with E-state index in [1.807, 2.05) is 13.2 Å². The molecular weight excluding hydrogens is 280 g/mol. The summed E-state index contributed by atoms with van der Waals surface area (Å²) in [6.45, 7) is 2.31. The van der Waals surface area contributed by atoms with Crippen LogP contribution >= 0.6 is 11.8 Å². The van der Waals surface area contributed by atoms with Crippen molar-refractivity contribution in [2.24, 2.45) is 0 Å². The summed E-state index contributed by atoms with van der Waals surface area (Å²) in [5, 5.41) is 0.309. The van der Waals surface area contributed by atoms with Gasteiger partial charge >= 0.3 is 5.63 Å². The molecule has 1 N–H and O–H groups in total. The van der Waals surface area contributed by atoms with Gasteiger partial charge in [-0.3, -0.25) is 9.78 Å². The Balaban J connectivity index is 2.37. The van der Waals surface area contributed by atoms with Crippen molar-refractivity contribution in [1.82, 2.24) is 9.97 Å². The van der Waals surface area contributed by atoms with E-state index in [0.29, 0.717) is 24.0 Å². The van der Waals surface area contributed by atoms with E-state index in [2.05, 4.69) is 9.97 Å². The number of aromatic nitrogens is 2. The number of fused-ring (bicyclic) bond motifs is 1. The molecule has 2 aromatic rings. The van der Waals surface area contributed by atoms with Crippen molar-refractivity contribution < 1.29 is 9.15 Å². The van der Waals surface area contributed by atoms with Crippen LogP contribution in [0.15, 0.2) is 20.1 Å². The molecule has 0 unspecified atom stereocenters. The zero-order chi connectivity index (χ0) is 14.5. The van der Waals surface area contributed by atoms with Crippen LogP contribution in [-0.4, -0.2) is 28.6 Å². The minimum absolute atomic E-state index is 0.0259. The molecule has 20 heavy (non-hydrogen) atoms. The number of aryl methyl sites for hydroxylation is 1. The topological polar surface area (TPSA) is 85.2 Å². The molecule has 108 valence electrons. The second-order valence-electron chi connectivity index (χ2n) is 4.19. The standard InChI is InChI=1S/C13H16N2O4S/c1-3-8-7-9(16)19-12-10(8)11(17)14-13(15-12)18-5-4-6-20-2/h7H,3-6H2,1-2H3,(H,14,15,17). The van der Waals surface area contributed by atoms with Crippen molar-refractivity contribution in [1.29, 1.82) is 0 Å². The quantitative estimate of drug-likeness (QED) is 0.814. The van der Waals surface area contributed by atoms with Crippen LogP contribution in [-0.2, 0) is 6.42 Å². The first kappa shape index (κ1) is 14.6. The van der Waals surface area contributed by atoms with Gasteiger partial charge in [-0.1, -0.05) is 6.92 Å². The molecule has 0 bridgehead atoms. The maximum absolute atomic E-state index is 12.0. The van der Waals surface area contributed by atoms with Crippen LogP contribution in [0.1, 0.15) is 18.9 Å². The third-order valence-electron chi connectivity index (χ3n) is 2.79. The van der Waals surface area contributed by atoms with Gasteiger partial charge < -0.3 is 9.15 Å². The maximum Gasteiger partial charge on any atom is 0.337 e. The summed E-state index contributed by atoms with van der Waals surface area (Å²) >= 11 is 1.72. The van der Waals surface area contributed by atoms with Crippen LogP contribution in [0, 0.1) is 0 Å². The molecule has 2 rings (SSSR count). The van der Waals surface area contributed by atoms with Crippen LogP contribution < -0.4 is 15.9 Å². The van der Waals surface area contributed by atoms with Gasteiger partial charge in [-0.05, 0) is 30.4 Å². The summed E-state index contributed by atoms with van der Waals surface area (Å²) < 4.78 is 10.4. The molecule has 0 saturated carbocycles. The zero-order valence-corrected chi connectivity index (χ0v) is 12.2. The van der Waals surface area contributed by atoms with Gasteiger partial charge in [0.05, 0.1) is 6.61 Å². The van der Waals surface area contributed by atoms with Gasteiger partial charge in [0, 0.05) is 6.07 Å². The van der Waals surface area contributed by atoms with Crippen molar-refractivity contribution in [3.8, 4) is 6.01 Å². The van der Waals surface area contributed by atoms with Gasteiger partial charge in [-0.15, -0.1) is 0 Å². The highest BCUT2D eigenvalue weighted by atomic mass is 32.2. The fourth-order valence-corrected chi connectivity index (χ4v) is 2.25. The van der Waals surface area contributed by atoms with Crippen molar-refractivity contribution in [2.45, 2.75) is 19.8 Å². The molecule has 0 saturated heterocycles. The van der Waals surface area contributed by atoms with Crippen LogP contribution in [0.4, 0.5) is 0 Å². The Bertz CT molecular complexity index is 708. The highest BCUT2D eigenvalue weighted by molar-refractivity contribution is 7.98. The smallest absolute Gasteiger partial charge is 0.337 e. The molecule has 2 aromatic heterocycles. The van der Waals surface area contributed by atoms with Gasteiger partial charge in [-0.25, -0.2) is 4.79 Å². The van der Waals surface area contributed by atoms with Crippen molar-refractivity contribution in [2.75, 3.05) is 18.6 Å². The third kappa shape index (κ3) is 3.22. The fourth-order valence-electron chi connectivity index (χ4n) is 1.85. The van der Waals surface area contributed by atoms with E-state index in [4.69, 9.17) is 9.15 Å². The Morgan fingerprint density at radius 3 is 2.95 bits per heavy atom. The Morgan fingerprint density at radius 1 is 1.45 bits per heavy atom. The lowest BCUT2D eigenvalue weighted by atomic mass is 10.1. The van der Waals surface area contributed by atoms with Gasteiger partial charge in [0.1, 0.15) is 5.39 Å². The molecule has 6 nitrogen and oxygen atoms in total. The first-order valence-corrected chi connectivity index (χ1v) is 7.74. The number of rotatable bonds is 6. The van der Waals surface area contributed by atoms with E-state index in [0.717, 1.165) is 12.2 Å². The number of nitrogens with one attached hydrogen (secondary N) is 1. The van der Waals surface area contributed by atoms with Gasteiger partial charge in [0.15, 0.2) is 0 Å². The van der Waals surface area contributed by atoms with Crippen molar-refractivity contribution in [3.63, 3.8) is 0 Å². The predicted molar refractivity (Wildman–Crippen MR) is 78.8 cm³/mol. The molecule has 0 radical (unpaired) electrons. The first-order chi connectivity index (χ1) is 9.65. The molecule has 0 fully saturated rings. The first-order valence-electron chi connectivity index (χ1n) is 6.34. The summed E-state index contributed by atoms with van der Waals surface area (Å²) in [7, 11) is 0. The number of hydrogen-bond donors (Lipinski definition) is 1. The van der Waals surface area contributed by atoms with E-state index in [9.17, 15) is 9.59 Å². The molecular formula is C13H16N2O4S. The second-order valence-corrected chi connectivity index (χ2v) is 5.18. The van der Waals surface area contributed by atoms with Crippen LogP contribution in [0.2, 0.25) is 0 Å². The molecule has 0 aromatic carbocycles. The molecule has 0 aliphatic carbocycles. The second kappa shape index (κ2) is 6.60. The van der Waals surface area contributed by atoms with Crippen LogP contribution in [0.25, 0.3) is 11.1 Å². The molecule has 2 heterocycles. The third-order valence-corrected chi connectivity index (χ3v) is 3.48. The van der Waals surface area contributed by atoms with Crippen molar-refractivity contribution >= 4 is 22.9 Å². The zero-order valence-electron chi connectivity index (χ0n) is 11.4. The van der Waals surface area contributed by atoms with E-state index in [-0.39, 0.29) is 17.3 Å². The molecule has 7 heteroatoms. The van der Waals surface area contributed by atoms with E-state index >= 15 is 0 Å². The summed E-state index contributed by atoms with van der Waals surface area (Å²) in [6, 6.07) is 1.40. The molecule has 0 aliphatic rings. The lowest BCUT2D eigenvalue weighted by Gasteiger charge is -2.06. The maximum atomic E-state index is 12.0. The normalized spacial score (nSPS) is 10.9. The molecule has 0 spiro atoms. The van der Waals surface area contributed by atoms with Gasteiger partial charge in [0.25, 0.3) is 11.6 Å². The van der Waals surface area contributed by atoms with E-state index < -0.39 is 5.63 Å². The van der Waals surface area contributed by atoms with Gasteiger partial charge in [-0.2, -0.15) is 16.7 Å². The number of aromatic amines is 1. The average molecular weight is 296 g/mol. The number of nitrogens with zero attached hydrogens (tertiary/aromatic N) is 1. The Morgan fingerprint density at radius 2 is 2.25 bits per heavy atom. The number of ether oxygens (including phenoxy) is 1. The highest BCUT2D eigenvalue weighted by Crippen LogP contribution is 2.13. The van der Waals surface area contributed by atoms with E-state index in [1.54, 1.807) is 11.8 Å². The molecule has 0 atom stereocenters. The number of H-pyrrole nitrogens is 1. The predicted octanol–water partition coefficient (Wildman–Crippen LogP) is 1.57. The molecule has 0 aliphatic heterocycles. The van der Waals surface area contributed by atoms with Crippen LogP contribution in [0.3, 0.4) is 0 Å². The minimum Gasteiger partial charge on any atom is -0.465 e. The fraction of sp³-hybridized carbons (Fsp3) is 0.462. The monoisotopic (exact) mass is 296 g/mol. The minimum atomic E-state index is -0.513. The molecule has 0 amide bonds. The summed E-state index contributed by atoms with van der Waals surface area (Å²) in [5.74, 6) is 0.965. The number of thioether (sulfide) groups is 1. The Labute approximate surface area is 119 Å². The summed E-state index contributed by atoms with van der Waals surface area (Å²) in [4.78, 5) is 30.1. The van der Waals surface area contributed by atoms with Crippen molar-refractivity contribution in [3.05, 3.63) is 32.4 Å². The van der Waals surface area contributed by atoms with Crippen LogP contribution in [0.5, 0.6) is 6.01 Å². The lowest BCUT2D eigenvalue weighted by molar-refractivity contribution is 0.292. The highest BCUT2D eigenvalue weighted by Gasteiger charge is 2.12. The summed E-state index contributed by atoms with van der Waals surface area (Å²) in [6.07, 6.45) is 3.42. The average Bonchev–Trinajstić information content (AvgIpc) is 2.42. The van der Waals surface area contributed by atoms with Gasteiger partial charge in [0.2, 0.25) is 5.71 Å². The Hall–Kier alpha value is -1.76. The lowest BCUT2D eigenvalue weighted by Crippen LogP contribution is -2.15. The number of hydrogen-bond acceptors (Lipinski definition) is 6. The largest absolute Gasteiger partial charge is 0.465 e.